The van der Waals surface area contributed by atoms with Crippen molar-refractivity contribution in [1.29, 1.82) is 5.26 Å². The number of hydrogen-bond acceptors (Lipinski definition) is 5. The van der Waals surface area contributed by atoms with E-state index in [4.69, 9.17) is 14.7 Å². The van der Waals surface area contributed by atoms with Gasteiger partial charge in [0.1, 0.15) is 24.5 Å². The fraction of sp³-hybridized carbons (Fsp3) is 0.533. The van der Waals surface area contributed by atoms with Crippen LogP contribution in [0.5, 0.6) is 5.75 Å². The molecular formula is C15H20N2O3. The summed E-state index contributed by atoms with van der Waals surface area (Å²) in [4.78, 5) is 0. The van der Waals surface area contributed by atoms with E-state index in [0.29, 0.717) is 24.5 Å². The lowest BCUT2D eigenvalue weighted by atomic mass is 10.0. The molecule has 2 rings (SSSR count). The molecule has 0 aliphatic carbocycles. The van der Waals surface area contributed by atoms with Crippen LogP contribution >= 0.6 is 0 Å². The molecule has 1 aliphatic rings. The van der Waals surface area contributed by atoms with Gasteiger partial charge < -0.3 is 19.9 Å². The molecule has 2 atom stereocenters. The largest absolute Gasteiger partial charge is 0.489 e. The summed E-state index contributed by atoms with van der Waals surface area (Å²) >= 11 is 0. The smallest absolute Gasteiger partial charge is 0.137 e. The van der Waals surface area contributed by atoms with Crippen molar-refractivity contribution in [2.24, 2.45) is 0 Å². The van der Waals surface area contributed by atoms with Crippen LogP contribution in [0.25, 0.3) is 0 Å². The Morgan fingerprint density at radius 3 is 3.05 bits per heavy atom. The summed E-state index contributed by atoms with van der Waals surface area (Å²) in [6, 6.07) is 9.07. The van der Waals surface area contributed by atoms with Crippen molar-refractivity contribution < 1.29 is 14.6 Å². The molecular weight excluding hydrogens is 256 g/mol. The summed E-state index contributed by atoms with van der Waals surface area (Å²) in [5, 5.41) is 22.2. The molecule has 20 heavy (non-hydrogen) atoms. The highest BCUT2D eigenvalue weighted by Gasteiger charge is 2.29. The Labute approximate surface area is 119 Å². The Hall–Kier alpha value is -1.61. The fourth-order valence-electron chi connectivity index (χ4n) is 2.10. The molecule has 1 fully saturated rings. The van der Waals surface area contributed by atoms with Gasteiger partial charge in [-0.3, -0.25) is 0 Å². The number of nitrogens with one attached hydrogen (secondary N) is 1. The molecule has 1 aliphatic heterocycles. The third kappa shape index (κ3) is 3.94. The average molecular weight is 276 g/mol. The molecule has 0 radical (unpaired) electrons. The van der Waals surface area contributed by atoms with Crippen molar-refractivity contribution in [1.82, 2.24) is 5.32 Å². The van der Waals surface area contributed by atoms with Crippen molar-refractivity contribution in [3.8, 4) is 11.8 Å². The second kappa shape index (κ2) is 6.71. The summed E-state index contributed by atoms with van der Waals surface area (Å²) in [6.07, 6.45) is 0.317. The molecule has 5 heteroatoms. The zero-order valence-electron chi connectivity index (χ0n) is 11.6. The number of benzene rings is 1. The lowest BCUT2D eigenvalue weighted by Crippen LogP contribution is -2.47. The van der Waals surface area contributed by atoms with Gasteiger partial charge in [-0.2, -0.15) is 5.26 Å². The van der Waals surface area contributed by atoms with Crippen molar-refractivity contribution in [3.63, 3.8) is 0 Å². The first-order valence-electron chi connectivity index (χ1n) is 6.76. The number of hydrogen-bond donors (Lipinski definition) is 2. The molecule has 108 valence electrons. The molecule has 2 N–H and O–H groups in total. The SMILES string of the molecule is CC1(NCC(O)COc2ccccc2C#N)CCOC1. The van der Waals surface area contributed by atoms with Gasteiger partial charge in [-0.05, 0) is 25.5 Å². The summed E-state index contributed by atoms with van der Waals surface area (Å²) in [5.74, 6) is 0.504. The topological polar surface area (TPSA) is 74.5 Å². The normalized spacial score (nSPS) is 23.2. The van der Waals surface area contributed by atoms with Crippen LogP contribution in [-0.4, -0.2) is 43.1 Å². The molecule has 5 nitrogen and oxygen atoms in total. The molecule has 0 bridgehead atoms. The molecule has 1 saturated heterocycles. The van der Waals surface area contributed by atoms with Crippen LogP contribution in [0.4, 0.5) is 0 Å². The van der Waals surface area contributed by atoms with Gasteiger partial charge >= 0.3 is 0 Å². The summed E-state index contributed by atoms with van der Waals surface area (Å²) in [5.41, 5.74) is 0.412. The first-order valence-corrected chi connectivity index (χ1v) is 6.76. The first kappa shape index (κ1) is 14.8. The van der Waals surface area contributed by atoms with Crippen LogP contribution in [-0.2, 0) is 4.74 Å². The van der Waals surface area contributed by atoms with Gasteiger partial charge in [0.25, 0.3) is 0 Å². The number of nitrogens with zero attached hydrogens (tertiary/aromatic N) is 1. The number of β-amino-alcohol motifs (C(OH)–C–C–N with tert-alkyl or cyclic N) is 1. The van der Waals surface area contributed by atoms with Crippen molar-refractivity contribution in [2.75, 3.05) is 26.4 Å². The number of para-hydroxylation sites is 1. The van der Waals surface area contributed by atoms with Crippen LogP contribution in [0.2, 0.25) is 0 Å². The van der Waals surface area contributed by atoms with Gasteiger partial charge in [0.15, 0.2) is 0 Å². The van der Waals surface area contributed by atoms with Crippen LogP contribution in [0.1, 0.15) is 18.9 Å². The maximum Gasteiger partial charge on any atom is 0.137 e. The molecule has 1 heterocycles. The fourth-order valence-corrected chi connectivity index (χ4v) is 2.10. The highest BCUT2D eigenvalue weighted by atomic mass is 16.5. The Kier molecular flexibility index (Phi) is 4.96. The number of aliphatic hydroxyl groups excluding tert-OH is 1. The van der Waals surface area contributed by atoms with E-state index >= 15 is 0 Å². The molecule has 1 aromatic rings. The second-order valence-electron chi connectivity index (χ2n) is 5.32. The summed E-state index contributed by atoms with van der Waals surface area (Å²) in [7, 11) is 0. The van der Waals surface area contributed by atoms with Crippen molar-refractivity contribution in [3.05, 3.63) is 29.8 Å². The van der Waals surface area contributed by atoms with E-state index in [0.717, 1.165) is 13.0 Å². The third-order valence-corrected chi connectivity index (χ3v) is 3.42. The number of ether oxygens (including phenoxy) is 2. The van der Waals surface area contributed by atoms with E-state index in [1.54, 1.807) is 24.3 Å². The van der Waals surface area contributed by atoms with Crippen LogP contribution in [0.3, 0.4) is 0 Å². The minimum absolute atomic E-state index is 0.0639. The zero-order chi connectivity index (χ0) is 14.4. The highest BCUT2D eigenvalue weighted by Crippen LogP contribution is 2.18. The Morgan fingerprint density at radius 1 is 1.55 bits per heavy atom. The molecule has 0 spiro atoms. The Balaban J connectivity index is 1.77. The van der Waals surface area contributed by atoms with E-state index in [-0.39, 0.29) is 12.1 Å². The van der Waals surface area contributed by atoms with Gasteiger partial charge in [0.05, 0.1) is 12.2 Å². The standard InChI is InChI=1S/C15H20N2O3/c1-15(6-7-19-11-15)17-9-13(18)10-20-14-5-3-2-4-12(14)8-16/h2-5,13,17-18H,6-7,9-11H2,1H3. The molecule has 0 aromatic heterocycles. The zero-order valence-corrected chi connectivity index (χ0v) is 11.6. The van der Waals surface area contributed by atoms with E-state index in [1.165, 1.54) is 0 Å². The van der Waals surface area contributed by atoms with Crippen molar-refractivity contribution in [2.45, 2.75) is 25.0 Å². The van der Waals surface area contributed by atoms with Gasteiger partial charge in [0.2, 0.25) is 0 Å². The first-order chi connectivity index (χ1) is 9.63. The van der Waals surface area contributed by atoms with E-state index in [2.05, 4.69) is 18.3 Å². The maximum absolute atomic E-state index is 9.94. The summed E-state index contributed by atoms with van der Waals surface area (Å²) < 4.78 is 10.8. The van der Waals surface area contributed by atoms with Gasteiger partial charge in [0, 0.05) is 18.7 Å². The molecule has 1 aromatic carbocycles. The number of aliphatic hydroxyl groups is 1. The Morgan fingerprint density at radius 2 is 2.35 bits per heavy atom. The monoisotopic (exact) mass is 276 g/mol. The van der Waals surface area contributed by atoms with E-state index in [1.807, 2.05) is 0 Å². The Bertz CT molecular complexity index is 478. The van der Waals surface area contributed by atoms with Gasteiger partial charge in [-0.15, -0.1) is 0 Å². The highest BCUT2D eigenvalue weighted by molar-refractivity contribution is 5.42. The van der Waals surface area contributed by atoms with Crippen molar-refractivity contribution >= 4 is 0 Å². The lowest BCUT2D eigenvalue weighted by molar-refractivity contribution is 0.0943. The minimum Gasteiger partial charge on any atom is -0.489 e. The van der Waals surface area contributed by atoms with Crippen LogP contribution in [0, 0.1) is 11.3 Å². The van der Waals surface area contributed by atoms with Gasteiger partial charge in [-0.1, -0.05) is 12.1 Å². The number of nitriles is 1. The van der Waals surface area contributed by atoms with E-state index < -0.39 is 6.10 Å². The predicted octanol–water partition coefficient (Wildman–Crippen LogP) is 1.07. The predicted molar refractivity (Wildman–Crippen MR) is 74.5 cm³/mol. The van der Waals surface area contributed by atoms with E-state index in [9.17, 15) is 5.11 Å². The maximum atomic E-state index is 9.94. The number of rotatable bonds is 6. The van der Waals surface area contributed by atoms with Crippen LogP contribution < -0.4 is 10.1 Å². The minimum atomic E-state index is -0.626. The van der Waals surface area contributed by atoms with Gasteiger partial charge in [-0.25, -0.2) is 0 Å². The quantitative estimate of drug-likeness (QED) is 0.813. The van der Waals surface area contributed by atoms with Crippen LogP contribution in [0.15, 0.2) is 24.3 Å². The third-order valence-electron chi connectivity index (χ3n) is 3.42. The molecule has 0 saturated carbocycles. The lowest BCUT2D eigenvalue weighted by Gasteiger charge is -2.25. The average Bonchev–Trinajstić information content (AvgIpc) is 2.90. The molecule has 0 amide bonds. The molecule has 2 unspecified atom stereocenters. The summed E-state index contributed by atoms with van der Waals surface area (Å²) in [6.45, 7) is 4.10. The second-order valence-corrected chi connectivity index (χ2v) is 5.32.